The summed E-state index contributed by atoms with van der Waals surface area (Å²) in [6, 6.07) is 14.8. The van der Waals surface area contributed by atoms with Crippen LogP contribution in [0, 0.1) is 0 Å². The van der Waals surface area contributed by atoms with E-state index in [9.17, 15) is 9.59 Å². The first-order valence-electron chi connectivity index (χ1n) is 9.61. The molecule has 7 nitrogen and oxygen atoms in total. The lowest BCUT2D eigenvalue weighted by atomic mass is 10.1. The number of nitrogens with zero attached hydrogens (tertiary/aromatic N) is 1. The number of H-pyrrole nitrogens is 1. The van der Waals surface area contributed by atoms with Gasteiger partial charge in [-0.25, -0.2) is 4.79 Å². The molecule has 1 unspecified atom stereocenters. The summed E-state index contributed by atoms with van der Waals surface area (Å²) in [7, 11) is 0. The molecule has 2 aromatic heterocycles. The highest BCUT2D eigenvalue weighted by Crippen LogP contribution is 2.33. The van der Waals surface area contributed by atoms with Crippen LogP contribution in [0.5, 0.6) is 5.75 Å². The van der Waals surface area contributed by atoms with Gasteiger partial charge in [-0.15, -0.1) is 0 Å². The summed E-state index contributed by atoms with van der Waals surface area (Å²) in [6.07, 6.45) is 2.52. The highest BCUT2D eigenvalue weighted by Gasteiger charge is 2.23. The molecule has 0 saturated heterocycles. The van der Waals surface area contributed by atoms with Crippen molar-refractivity contribution in [3.8, 4) is 17.1 Å². The second-order valence-electron chi connectivity index (χ2n) is 7.29. The molecule has 0 fully saturated rings. The smallest absolute Gasteiger partial charge is 0.380 e. The van der Waals surface area contributed by atoms with Gasteiger partial charge in [0.2, 0.25) is 0 Å². The van der Waals surface area contributed by atoms with Gasteiger partial charge in [0.15, 0.2) is 5.76 Å². The lowest BCUT2D eigenvalue weighted by molar-refractivity contribution is -0.139. The first-order valence-corrected chi connectivity index (χ1v) is 9.61. The quantitative estimate of drug-likeness (QED) is 0.307. The maximum absolute atomic E-state index is 12.5. The van der Waals surface area contributed by atoms with E-state index in [4.69, 9.17) is 14.0 Å². The van der Waals surface area contributed by atoms with Crippen LogP contribution in [-0.2, 0) is 22.6 Å². The fourth-order valence-corrected chi connectivity index (χ4v) is 3.67. The van der Waals surface area contributed by atoms with E-state index in [0.29, 0.717) is 16.8 Å². The number of ketones is 1. The molecule has 2 aromatic carbocycles. The molecule has 1 N–H and O–H groups in total. The summed E-state index contributed by atoms with van der Waals surface area (Å²) >= 11 is 0. The van der Waals surface area contributed by atoms with Crippen LogP contribution in [0.1, 0.15) is 28.5 Å². The van der Waals surface area contributed by atoms with Crippen molar-refractivity contribution >= 4 is 22.7 Å². The molecule has 0 radical (unpaired) electrons. The van der Waals surface area contributed by atoms with E-state index >= 15 is 0 Å². The van der Waals surface area contributed by atoms with Gasteiger partial charge in [-0.2, -0.15) is 0 Å². The standard InChI is InChI=1S/C23H18N2O5/c1-13-8-15-9-14(6-7-20(15)29-13)21-10-16(25-30-21)12-28-23(27)22(26)18-11-24-19-5-3-2-4-17(18)19/h2-7,9-11,13,24H,8,12H2,1H3. The number of nitrogens with one attached hydrogen (secondary N) is 1. The number of aromatic amines is 1. The van der Waals surface area contributed by atoms with Crippen LogP contribution in [0.3, 0.4) is 0 Å². The van der Waals surface area contributed by atoms with Gasteiger partial charge in [0.25, 0.3) is 5.78 Å². The zero-order valence-corrected chi connectivity index (χ0v) is 16.2. The number of rotatable bonds is 5. The van der Waals surface area contributed by atoms with E-state index < -0.39 is 11.8 Å². The molecule has 30 heavy (non-hydrogen) atoms. The molecule has 4 aromatic rings. The number of esters is 1. The normalized spacial score (nSPS) is 15.0. The van der Waals surface area contributed by atoms with Crippen LogP contribution >= 0.6 is 0 Å². The highest BCUT2D eigenvalue weighted by molar-refractivity contribution is 6.42. The fourth-order valence-electron chi connectivity index (χ4n) is 3.67. The van der Waals surface area contributed by atoms with Crippen LogP contribution in [0.4, 0.5) is 0 Å². The molecule has 5 rings (SSSR count). The number of carbonyl (C=O) groups excluding carboxylic acids is 2. The number of benzene rings is 2. The van der Waals surface area contributed by atoms with Crippen molar-refractivity contribution in [3.63, 3.8) is 0 Å². The van der Waals surface area contributed by atoms with Crippen molar-refractivity contribution in [1.82, 2.24) is 10.1 Å². The molecule has 3 heterocycles. The third kappa shape index (κ3) is 3.24. The SMILES string of the molecule is CC1Cc2cc(-c3cc(COC(=O)C(=O)c4c[nH]c5ccccc45)no3)ccc2O1. The minimum atomic E-state index is -0.937. The third-order valence-electron chi connectivity index (χ3n) is 5.11. The predicted octanol–water partition coefficient (Wildman–Crippen LogP) is 4.07. The minimum absolute atomic E-state index is 0.151. The highest BCUT2D eigenvalue weighted by atomic mass is 16.5. The van der Waals surface area contributed by atoms with Crippen LogP contribution in [0.2, 0.25) is 0 Å². The van der Waals surface area contributed by atoms with Gasteiger partial charge < -0.3 is 19.0 Å². The Hall–Kier alpha value is -3.87. The van der Waals surface area contributed by atoms with Gasteiger partial charge >= 0.3 is 5.97 Å². The molecule has 0 spiro atoms. The lowest BCUT2D eigenvalue weighted by Gasteiger charge is -2.02. The molecule has 0 saturated carbocycles. The molecular formula is C23H18N2O5. The monoisotopic (exact) mass is 402 g/mol. The van der Waals surface area contributed by atoms with Crippen LogP contribution in [0.25, 0.3) is 22.2 Å². The van der Waals surface area contributed by atoms with Crippen LogP contribution in [0.15, 0.2) is 59.3 Å². The van der Waals surface area contributed by atoms with Crippen molar-refractivity contribution in [3.05, 3.63) is 71.5 Å². The Balaban J connectivity index is 1.26. The Morgan fingerprint density at radius 2 is 2.07 bits per heavy atom. The molecule has 0 bridgehead atoms. The Kier molecular flexibility index (Phi) is 4.35. The van der Waals surface area contributed by atoms with Gasteiger partial charge in [-0.05, 0) is 36.8 Å². The largest absolute Gasteiger partial charge is 0.490 e. The lowest BCUT2D eigenvalue weighted by Crippen LogP contribution is -2.17. The molecule has 1 aliphatic heterocycles. The molecule has 0 aliphatic carbocycles. The van der Waals surface area contributed by atoms with Gasteiger partial charge in [-0.3, -0.25) is 4.79 Å². The predicted molar refractivity (Wildman–Crippen MR) is 108 cm³/mol. The number of carbonyl (C=O) groups is 2. The number of hydrogen-bond acceptors (Lipinski definition) is 6. The summed E-state index contributed by atoms with van der Waals surface area (Å²) in [5, 5.41) is 4.62. The maximum atomic E-state index is 12.5. The van der Waals surface area contributed by atoms with E-state index in [1.807, 2.05) is 37.3 Å². The maximum Gasteiger partial charge on any atom is 0.380 e. The zero-order valence-electron chi connectivity index (χ0n) is 16.2. The summed E-state index contributed by atoms with van der Waals surface area (Å²) < 4.78 is 16.3. The van der Waals surface area contributed by atoms with E-state index in [2.05, 4.69) is 10.1 Å². The molecule has 1 aliphatic rings. The first-order chi connectivity index (χ1) is 14.6. The van der Waals surface area contributed by atoms with Crippen molar-refractivity contribution < 1.29 is 23.6 Å². The molecule has 1 atom stereocenters. The summed E-state index contributed by atoms with van der Waals surface area (Å²) in [5.41, 5.74) is 3.48. The third-order valence-corrected chi connectivity index (χ3v) is 5.11. The molecule has 0 amide bonds. The van der Waals surface area contributed by atoms with Crippen molar-refractivity contribution in [1.29, 1.82) is 0 Å². The molecule has 7 heteroatoms. The second-order valence-corrected chi connectivity index (χ2v) is 7.29. The number of fused-ring (bicyclic) bond motifs is 2. The van der Waals surface area contributed by atoms with Gasteiger partial charge in [0.1, 0.15) is 24.2 Å². The number of para-hydroxylation sites is 1. The number of aromatic nitrogens is 2. The van der Waals surface area contributed by atoms with Crippen molar-refractivity contribution in [2.75, 3.05) is 0 Å². The molecular weight excluding hydrogens is 384 g/mol. The van der Waals surface area contributed by atoms with Crippen molar-refractivity contribution in [2.45, 2.75) is 26.1 Å². The average molecular weight is 402 g/mol. The zero-order chi connectivity index (χ0) is 20.7. The van der Waals surface area contributed by atoms with Gasteiger partial charge in [0, 0.05) is 35.2 Å². The minimum Gasteiger partial charge on any atom is -0.490 e. The second kappa shape index (κ2) is 7.18. The molecule has 150 valence electrons. The van der Waals surface area contributed by atoms with E-state index in [1.165, 1.54) is 6.20 Å². The van der Waals surface area contributed by atoms with Gasteiger partial charge in [-0.1, -0.05) is 23.4 Å². The average Bonchev–Trinajstić information content (AvgIpc) is 3.47. The Morgan fingerprint density at radius 3 is 2.97 bits per heavy atom. The summed E-state index contributed by atoms with van der Waals surface area (Å²) in [6.45, 7) is 1.87. The Labute approximate surface area is 171 Å². The Morgan fingerprint density at radius 1 is 1.20 bits per heavy atom. The van der Waals surface area contributed by atoms with E-state index in [0.717, 1.165) is 28.8 Å². The number of Topliss-reactive ketones (excluding diaryl/α,β-unsaturated/α-hetero) is 1. The number of hydrogen-bond donors (Lipinski definition) is 1. The number of ether oxygens (including phenoxy) is 2. The first kappa shape index (κ1) is 18.2. The topological polar surface area (TPSA) is 94.4 Å². The summed E-state index contributed by atoms with van der Waals surface area (Å²) in [4.78, 5) is 27.7. The fraction of sp³-hybridized carbons (Fsp3) is 0.174. The van der Waals surface area contributed by atoms with Crippen LogP contribution in [-0.4, -0.2) is 28.0 Å². The Bertz CT molecular complexity index is 1270. The van der Waals surface area contributed by atoms with E-state index in [-0.39, 0.29) is 18.3 Å². The summed E-state index contributed by atoms with van der Waals surface area (Å²) in [5.74, 6) is -0.195. The van der Waals surface area contributed by atoms with Crippen LogP contribution < -0.4 is 4.74 Å². The van der Waals surface area contributed by atoms with Gasteiger partial charge in [0.05, 0.1) is 5.56 Å². The van der Waals surface area contributed by atoms with Crippen molar-refractivity contribution in [2.24, 2.45) is 0 Å². The van der Waals surface area contributed by atoms with E-state index in [1.54, 1.807) is 18.2 Å².